The highest BCUT2D eigenvalue weighted by Crippen LogP contribution is 2.37. The summed E-state index contributed by atoms with van der Waals surface area (Å²) in [5, 5.41) is 24.2. The van der Waals surface area contributed by atoms with Gasteiger partial charge in [0.15, 0.2) is 0 Å². The Hall–Kier alpha value is -2.71. The van der Waals surface area contributed by atoms with Crippen LogP contribution in [-0.2, 0) is 4.74 Å². The Kier molecular flexibility index (Phi) is 4.57. The van der Waals surface area contributed by atoms with E-state index < -0.39 is 21.6 Å². The molecular weight excluding hydrogens is 270 g/mol. The van der Waals surface area contributed by atoms with Gasteiger partial charge in [-0.05, 0) is 26.3 Å². The van der Waals surface area contributed by atoms with E-state index >= 15 is 0 Å². The zero-order chi connectivity index (χ0) is 15.4. The molecule has 9 heteroatoms. The standard InChI is InChI=1S/C11H13N3O6/c1-4-20-11(15)12-9-6(2)5-8(13(16)17)7(3)10(9)14(18)19/h5H,4H2,1-3H3,(H,12,15). The van der Waals surface area contributed by atoms with Gasteiger partial charge in [-0.1, -0.05) is 0 Å². The number of hydrogen-bond acceptors (Lipinski definition) is 6. The number of anilines is 1. The van der Waals surface area contributed by atoms with Gasteiger partial charge in [0, 0.05) is 6.07 Å². The molecule has 0 saturated heterocycles. The highest BCUT2D eigenvalue weighted by atomic mass is 16.6. The van der Waals surface area contributed by atoms with Crippen LogP contribution in [0.2, 0.25) is 0 Å². The van der Waals surface area contributed by atoms with Crippen LogP contribution in [0, 0.1) is 34.1 Å². The average molecular weight is 283 g/mol. The molecule has 0 aliphatic rings. The Morgan fingerprint density at radius 2 is 1.90 bits per heavy atom. The van der Waals surface area contributed by atoms with Crippen molar-refractivity contribution in [3.8, 4) is 0 Å². The molecule has 1 rings (SSSR count). The first kappa shape index (κ1) is 15.3. The predicted molar refractivity (Wildman–Crippen MR) is 69.9 cm³/mol. The molecule has 0 atom stereocenters. The van der Waals surface area contributed by atoms with E-state index in [0.717, 1.165) is 0 Å². The van der Waals surface area contributed by atoms with Gasteiger partial charge in [0.05, 0.1) is 16.5 Å². The average Bonchev–Trinajstić information content (AvgIpc) is 2.32. The number of nitrogens with zero attached hydrogens (tertiary/aromatic N) is 2. The van der Waals surface area contributed by atoms with Gasteiger partial charge in [-0.3, -0.25) is 25.5 Å². The maximum absolute atomic E-state index is 11.4. The van der Waals surface area contributed by atoms with Crippen LogP contribution < -0.4 is 5.32 Å². The van der Waals surface area contributed by atoms with E-state index in [2.05, 4.69) is 10.1 Å². The molecule has 0 radical (unpaired) electrons. The maximum atomic E-state index is 11.4. The van der Waals surface area contributed by atoms with Crippen LogP contribution in [0.1, 0.15) is 18.1 Å². The van der Waals surface area contributed by atoms with E-state index in [9.17, 15) is 25.0 Å². The Bertz CT molecular complexity index is 584. The van der Waals surface area contributed by atoms with E-state index in [1.807, 2.05) is 0 Å². The quantitative estimate of drug-likeness (QED) is 0.668. The summed E-state index contributed by atoms with van der Waals surface area (Å²) in [6, 6.07) is 1.17. The van der Waals surface area contributed by atoms with E-state index in [1.165, 1.54) is 19.9 Å². The first-order chi connectivity index (χ1) is 9.29. The SMILES string of the molecule is CCOC(=O)Nc1c(C)cc([N+](=O)[O-])c(C)c1[N+](=O)[O-]. The summed E-state index contributed by atoms with van der Waals surface area (Å²) in [4.78, 5) is 31.9. The highest BCUT2D eigenvalue weighted by Gasteiger charge is 2.29. The van der Waals surface area contributed by atoms with Crippen LogP contribution in [0.4, 0.5) is 21.9 Å². The first-order valence-electron chi connectivity index (χ1n) is 5.66. The summed E-state index contributed by atoms with van der Waals surface area (Å²) >= 11 is 0. The molecule has 1 aromatic carbocycles. The minimum absolute atomic E-state index is 0.100. The molecule has 108 valence electrons. The summed E-state index contributed by atoms with van der Waals surface area (Å²) in [6.45, 7) is 4.37. The number of aryl methyl sites for hydroxylation is 1. The second-order valence-electron chi connectivity index (χ2n) is 3.92. The lowest BCUT2D eigenvalue weighted by Gasteiger charge is -2.10. The van der Waals surface area contributed by atoms with Crippen molar-refractivity contribution in [3.05, 3.63) is 37.4 Å². The number of amides is 1. The molecule has 0 unspecified atom stereocenters. The van der Waals surface area contributed by atoms with Crippen LogP contribution in [0.5, 0.6) is 0 Å². The molecule has 0 bridgehead atoms. The lowest BCUT2D eigenvalue weighted by Crippen LogP contribution is -2.16. The number of nitro groups is 2. The topological polar surface area (TPSA) is 125 Å². The van der Waals surface area contributed by atoms with Crippen molar-refractivity contribution in [2.24, 2.45) is 0 Å². The van der Waals surface area contributed by atoms with Crippen molar-refractivity contribution >= 4 is 23.2 Å². The molecule has 0 spiro atoms. The van der Waals surface area contributed by atoms with Crippen molar-refractivity contribution in [3.63, 3.8) is 0 Å². The second-order valence-corrected chi connectivity index (χ2v) is 3.92. The molecular formula is C11H13N3O6. The maximum Gasteiger partial charge on any atom is 0.411 e. The third kappa shape index (κ3) is 2.99. The van der Waals surface area contributed by atoms with Gasteiger partial charge in [-0.25, -0.2) is 4.79 Å². The molecule has 20 heavy (non-hydrogen) atoms. The number of benzene rings is 1. The van der Waals surface area contributed by atoms with Gasteiger partial charge in [0.25, 0.3) is 5.69 Å². The molecule has 0 aromatic heterocycles. The first-order valence-corrected chi connectivity index (χ1v) is 5.66. The van der Waals surface area contributed by atoms with Crippen LogP contribution >= 0.6 is 0 Å². The van der Waals surface area contributed by atoms with E-state index in [4.69, 9.17) is 0 Å². The van der Waals surface area contributed by atoms with Crippen molar-refractivity contribution in [1.82, 2.24) is 0 Å². The zero-order valence-electron chi connectivity index (χ0n) is 11.1. The van der Waals surface area contributed by atoms with Crippen LogP contribution in [-0.4, -0.2) is 22.5 Å². The lowest BCUT2D eigenvalue weighted by atomic mass is 10.1. The number of rotatable bonds is 4. The van der Waals surface area contributed by atoms with Gasteiger partial charge in [0.1, 0.15) is 11.3 Å². The highest BCUT2D eigenvalue weighted by molar-refractivity contribution is 5.90. The summed E-state index contributed by atoms with van der Waals surface area (Å²) < 4.78 is 4.65. The van der Waals surface area contributed by atoms with Gasteiger partial charge in [-0.15, -0.1) is 0 Å². The number of hydrogen-bond donors (Lipinski definition) is 1. The van der Waals surface area contributed by atoms with Gasteiger partial charge in [0.2, 0.25) is 0 Å². The van der Waals surface area contributed by atoms with E-state index in [0.29, 0.717) is 0 Å². The smallest absolute Gasteiger partial charge is 0.411 e. The molecule has 0 fully saturated rings. The number of carbonyl (C=O) groups is 1. The Labute approximate surface area is 113 Å². The van der Waals surface area contributed by atoms with Crippen LogP contribution in [0.25, 0.3) is 0 Å². The summed E-state index contributed by atoms with van der Waals surface area (Å²) in [6.07, 6.45) is -0.855. The Balaban J connectivity index is 3.44. The largest absolute Gasteiger partial charge is 0.450 e. The predicted octanol–water partition coefficient (Wildman–Crippen LogP) is 2.69. The van der Waals surface area contributed by atoms with Crippen molar-refractivity contribution in [1.29, 1.82) is 0 Å². The third-order valence-corrected chi connectivity index (χ3v) is 2.61. The molecule has 1 N–H and O–H groups in total. The molecule has 0 heterocycles. The van der Waals surface area contributed by atoms with Crippen molar-refractivity contribution < 1.29 is 19.4 Å². The number of nitro benzene ring substituents is 2. The summed E-state index contributed by atoms with van der Waals surface area (Å²) in [5.74, 6) is 0. The number of ether oxygens (including phenoxy) is 1. The van der Waals surface area contributed by atoms with Crippen molar-refractivity contribution in [2.75, 3.05) is 11.9 Å². The van der Waals surface area contributed by atoms with Crippen LogP contribution in [0.3, 0.4) is 0 Å². The molecule has 0 saturated carbocycles. The summed E-state index contributed by atoms with van der Waals surface area (Å²) in [7, 11) is 0. The normalized spacial score (nSPS) is 9.95. The van der Waals surface area contributed by atoms with E-state index in [1.54, 1.807) is 6.92 Å². The zero-order valence-corrected chi connectivity index (χ0v) is 11.1. The fourth-order valence-corrected chi connectivity index (χ4v) is 1.73. The lowest BCUT2D eigenvalue weighted by molar-refractivity contribution is -0.394. The van der Waals surface area contributed by atoms with Gasteiger partial charge in [-0.2, -0.15) is 0 Å². The minimum Gasteiger partial charge on any atom is -0.450 e. The van der Waals surface area contributed by atoms with Crippen LogP contribution in [0.15, 0.2) is 6.07 Å². The number of nitrogens with one attached hydrogen (secondary N) is 1. The Morgan fingerprint density at radius 3 is 2.35 bits per heavy atom. The molecule has 9 nitrogen and oxygen atoms in total. The Morgan fingerprint density at radius 1 is 1.30 bits per heavy atom. The molecule has 1 amide bonds. The molecule has 1 aromatic rings. The minimum atomic E-state index is -0.855. The van der Waals surface area contributed by atoms with Gasteiger partial charge >= 0.3 is 11.8 Å². The number of carbonyl (C=O) groups excluding carboxylic acids is 1. The fraction of sp³-hybridized carbons (Fsp3) is 0.364. The van der Waals surface area contributed by atoms with E-state index in [-0.39, 0.29) is 29.1 Å². The fourth-order valence-electron chi connectivity index (χ4n) is 1.73. The molecule has 0 aliphatic heterocycles. The molecule has 0 aliphatic carbocycles. The van der Waals surface area contributed by atoms with Crippen molar-refractivity contribution in [2.45, 2.75) is 20.8 Å². The monoisotopic (exact) mass is 283 g/mol. The summed E-state index contributed by atoms with van der Waals surface area (Å²) in [5.41, 5.74) is -0.899. The third-order valence-electron chi connectivity index (χ3n) is 2.61. The van der Waals surface area contributed by atoms with Gasteiger partial charge < -0.3 is 4.74 Å². The second kappa shape index (κ2) is 5.95.